The van der Waals surface area contributed by atoms with Crippen LogP contribution < -0.4 is 10.6 Å². The third kappa shape index (κ3) is 7.38. The Hall–Kier alpha value is -1.53. The number of nitrogens with zero attached hydrogens (tertiary/aromatic N) is 1. The number of aliphatic imine (C=N–C) groups is 1. The third-order valence-corrected chi connectivity index (χ3v) is 5.06. The summed E-state index contributed by atoms with van der Waals surface area (Å²) in [6.45, 7) is 6.73. The van der Waals surface area contributed by atoms with E-state index in [1.54, 1.807) is 13.4 Å². The van der Waals surface area contributed by atoms with Crippen molar-refractivity contribution in [3.63, 3.8) is 0 Å². The Kier molecular flexibility index (Phi) is 9.56. The summed E-state index contributed by atoms with van der Waals surface area (Å²) in [5.74, 6) is 1.84. The summed E-state index contributed by atoms with van der Waals surface area (Å²) < 4.78 is 16.1. The fourth-order valence-corrected chi connectivity index (χ4v) is 3.50. The Morgan fingerprint density at radius 3 is 2.73 bits per heavy atom. The molecule has 0 aliphatic heterocycles. The van der Waals surface area contributed by atoms with Gasteiger partial charge in [-0.1, -0.05) is 12.8 Å². The van der Waals surface area contributed by atoms with Crippen molar-refractivity contribution in [2.24, 2.45) is 10.4 Å². The van der Waals surface area contributed by atoms with Gasteiger partial charge in [0.1, 0.15) is 5.76 Å². The van der Waals surface area contributed by atoms with Gasteiger partial charge >= 0.3 is 0 Å². The minimum Gasteiger partial charge on any atom is -0.469 e. The van der Waals surface area contributed by atoms with Crippen LogP contribution in [0.15, 0.2) is 27.8 Å². The molecule has 6 heteroatoms. The number of nitrogens with one attached hydrogen (secondary N) is 2. The summed E-state index contributed by atoms with van der Waals surface area (Å²) in [6, 6.07) is 3.92. The molecule has 1 heterocycles. The summed E-state index contributed by atoms with van der Waals surface area (Å²) in [5, 5.41) is 6.78. The molecule has 0 unspecified atom stereocenters. The number of guanidine groups is 1. The predicted molar refractivity (Wildman–Crippen MR) is 105 cm³/mol. The molecule has 0 radical (unpaired) electrons. The van der Waals surface area contributed by atoms with E-state index in [0.717, 1.165) is 57.4 Å². The second-order valence-electron chi connectivity index (χ2n) is 6.99. The number of furan rings is 1. The largest absolute Gasteiger partial charge is 0.469 e. The van der Waals surface area contributed by atoms with Crippen molar-refractivity contribution < 1.29 is 13.9 Å². The maximum atomic E-state index is 5.61. The van der Waals surface area contributed by atoms with Crippen LogP contribution in [-0.2, 0) is 15.9 Å². The average molecular weight is 366 g/mol. The first-order chi connectivity index (χ1) is 12.8. The van der Waals surface area contributed by atoms with Crippen LogP contribution in [0.1, 0.15) is 44.8 Å². The van der Waals surface area contributed by atoms with Crippen LogP contribution >= 0.6 is 0 Å². The van der Waals surface area contributed by atoms with Gasteiger partial charge in [0.2, 0.25) is 0 Å². The van der Waals surface area contributed by atoms with E-state index in [0.29, 0.717) is 12.0 Å². The second kappa shape index (κ2) is 12.0. The van der Waals surface area contributed by atoms with E-state index >= 15 is 0 Å². The highest BCUT2D eigenvalue weighted by atomic mass is 16.5. The molecular weight excluding hydrogens is 330 g/mol. The lowest BCUT2D eigenvalue weighted by Crippen LogP contribution is -2.41. The van der Waals surface area contributed by atoms with E-state index in [9.17, 15) is 0 Å². The van der Waals surface area contributed by atoms with Crippen LogP contribution in [0.3, 0.4) is 0 Å². The molecule has 1 aliphatic carbocycles. The molecule has 1 aliphatic rings. The molecule has 0 spiro atoms. The van der Waals surface area contributed by atoms with Gasteiger partial charge < -0.3 is 24.5 Å². The van der Waals surface area contributed by atoms with Crippen LogP contribution in [0, 0.1) is 5.41 Å². The van der Waals surface area contributed by atoms with Gasteiger partial charge in [0.25, 0.3) is 0 Å². The van der Waals surface area contributed by atoms with Crippen molar-refractivity contribution >= 4 is 5.96 Å². The zero-order valence-electron chi connectivity index (χ0n) is 16.4. The molecule has 0 saturated heterocycles. The standard InChI is InChI=1S/C20H35N3O3/c1-3-25-15-11-20(9-4-5-10-20)17-23-19(22-13-16-24-2)21-12-8-18-7-6-14-26-18/h6-7,14H,3-5,8-13,15-17H2,1-2H3,(H2,21,22,23). The van der Waals surface area contributed by atoms with Crippen LogP contribution in [0.4, 0.5) is 0 Å². The molecule has 0 aromatic carbocycles. The molecule has 0 amide bonds. The van der Waals surface area contributed by atoms with Gasteiger partial charge in [0.05, 0.1) is 12.9 Å². The van der Waals surface area contributed by atoms with E-state index in [1.807, 2.05) is 12.1 Å². The molecule has 1 aromatic heterocycles. The van der Waals surface area contributed by atoms with E-state index in [4.69, 9.17) is 18.9 Å². The van der Waals surface area contributed by atoms with E-state index in [2.05, 4.69) is 17.6 Å². The SMILES string of the molecule is CCOCCC1(CN=C(NCCOC)NCCc2ccco2)CCCC1. The normalized spacial score (nSPS) is 16.8. The molecule has 2 N–H and O–H groups in total. The molecule has 0 atom stereocenters. The fraction of sp³-hybridized carbons (Fsp3) is 0.750. The van der Waals surface area contributed by atoms with Crippen LogP contribution in [0.25, 0.3) is 0 Å². The smallest absolute Gasteiger partial charge is 0.191 e. The average Bonchev–Trinajstić information content (AvgIpc) is 3.32. The first kappa shape index (κ1) is 20.8. The minimum absolute atomic E-state index is 0.298. The number of hydrogen-bond donors (Lipinski definition) is 2. The lowest BCUT2D eigenvalue weighted by molar-refractivity contribution is 0.107. The Morgan fingerprint density at radius 2 is 2.04 bits per heavy atom. The lowest BCUT2D eigenvalue weighted by Gasteiger charge is -2.27. The molecular formula is C20H35N3O3. The molecule has 1 saturated carbocycles. The number of ether oxygens (including phenoxy) is 2. The molecule has 148 valence electrons. The van der Waals surface area contributed by atoms with Gasteiger partial charge in [-0.15, -0.1) is 0 Å². The van der Waals surface area contributed by atoms with Gasteiger partial charge in [0.15, 0.2) is 5.96 Å². The van der Waals surface area contributed by atoms with Gasteiger partial charge in [-0.25, -0.2) is 0 Å². The van der Waals surface area contributed by atoms with Crippen LogP contribution in [-0.4, -0.2) is 52.5 Å². The summed E-state index contributed by atoms with van der Waals surface area (Å²) >= 11 is 0. The molecule has 1 fully saturated rings. The third-order valence-electron chi connectivity index (χ3n) is 5.06. The first-order valence-corrected chi connectivity index (χ1v) is 9.89. The van der Waals surface area contributed by atoms with Crippen molar-refractivity contribution in [2.45, 2.75) is 45.4 Å². The maximum Gasteiger partial charge on any atom is 0.191 e. The first-order valence-electron chi connectivity index (χ1n) is 9.89. The molecule has 26 heavy (non-hydrogen) atoms. The Balaban J connectivity index is 1.88. The summed E-state index contributed by atoms with van der Waals surface area (Å²) in [7, 11) is 1.71. The monoisotopic (exact) mass is 365 g/mol. The highest BCUT2D eigenvalue weighted by molar-refractivity contribution is 5.79. The highest BCUT2D eigenvalue weighted by Gasteiger charge is 2.33. The quantitative estimate of drug-likeness (QED) is 0.339. The molecule has 1 aromatic rings. The van der Waals surface area contributed by atoms with Crippen molar-refractivity contribution in [3.05, 3.63) is 24.2 Å². The van der Waals surface area contributed by atoms with Gasteiger partial charge in [-0.2, -0.15) is 0 Å². The minimum atomic E-state index is 0.298. The molecule has 2 rings (SSSR count). The fourth-order valence-electron chi connectivity index (χ4n) is 3.50. The van der Waals surface area contributed by atoms with Crippen molar-refractivity contribution in [1.29, 1.82) is 0 Å². The van der Waals surface area contributed by atoms with Gasteiger partial charge in [-0.05, 0) is 43.7 Å². The van der Waals surface area contributed by atoms with Crippen molar-refractivity contribution in [2.75, 3.05) is 46.6 Å². The molecule has 6 nitrogen and oxygen atoms in total. The Labute approximate surface area is 157 Å². The zero-order chi connectivity index (χ0) is 18.5. The van der Waals surface area contributed by atoms with E-state index < -0.39 is 0 Å². The predicted octanol–water partition coefficient (Wildman–Crippen LogP) is 2.99. The Morgan fingerprint density at radius 1 is 1.23 bits per heavy atom. The maximum absolute atomic E-state index is 5.61. The van der Waals surface area contributed by atoms with Crippen molar-refractivity contribution in [1.82, 2.24) is 10.6 Å². The zero-order valence-corrected chi connectivity index (χ0v) is 16.4. The van der Waals surface area contributed by atoms with E-state index in [-0.39, 0.29) is 0 Å². The highest BCUT2D eigenvalue weighted by Crippen LogP contribution is 2.41. The van der Waals surface area contributed by atoms with Crippen LogP contribution in [0.2, 0.25) is 0 Å². The molecule has 0 bridgehead atoms. The van der Waals surface area contributed by atoms with Gasteiger partial charge in [-0.3, -0.25) is 4.99 Å². The second-order valence-corrected chi connectivity index (χ2v) is 6.99. The summed E-state index contributed by atoms with van der Waals surface area (Å²) in [5.41, 5.74) is 0.298. The number of methoxy groups -OCH3 is 1. The number of hydrogen-bond acceptors (Lipinski definition) is 4. The number of rotatable bonds is 12. The van der Waals surface area contributed by atoms with E-state index in [1.165, 1.54) is 25.7 Å². The van der Waals surface area contributed by atoms with Crippen LogP contribution in [0.5, 0.6) is 0 Å². The lowest BCUT2D eigenvalue weighted by atomic mass is 9.83. The summed E-state index contributed by atoms with van der Waals surface area (Å²) in [4.78, 5) is 4.90. The van der Waals surface area contributed by atoms with Crippen molar-refractivity contribution in [3.8, 4) is 0 Å². The Bertz CT molecular complexity index is 496. The summed E-state index contributed by atoms with van der Waals surface area (Å²) in [6.07, 6.45) is 8.77. The topological polar surface area (TPSA) is 68.0 Å². The van der Waals surface area contributed by atoms with Gasteiger partial charge in [0, 0.05) is 46.4 Å².